The largest absolute Gasteiger partial charge is 0.0984 e. The van der Waals surface area contributed by atoms with Crippen LogP contribution in [0.3, 0.4) is 0 Å². The highest BCUT2D eigenvalue weighted by molar-refractivity contribution is 6.25. The number of aryl methyl sites for hydroxylation is 2. The summed E-state index contributed by atoms with van der Waals surface area (Å²) in [5, 5.41) is 18.0. The van der Waals surface area contributed by atoms with Crippen LogP contribution in [0.25, 0.3) is 110 Å². The average molecular weight is 739 g/mol. The molecule has 0 nitrogen and oxygen atoms in total. The van der Waals surface area contributed by atoms with Gasteiger partial charge in [0, 0.05) is 0 Å². The molecular weight excluding hydrogens is 697 g/mol. The van der Waals surface area contributed by atoms with Gasteiger partial charge in [-0.25, -0.2) is 0 Å². The van der Waals surface area contributed by atoms with E-state index in [1.165, 1.54) is 109 Å². The van der Waals surface area contributed by atoms with E-state index in [0.29, 0.717) is 0 Å². The first-order chi connectivity index (χ1) is 28.4. The smallest absolute Gasteiger partial charge is 0.00987 e. The van der Waals surface area contributed by atoms with Gasteiger partial charge in [-0.3, -0.25) is 0 Å². The molecule has 0 saturated carbocycles. The fraction of sp³-hybridized carbons (Fsp3) is 0.0345. The van der Waals surface area contributed by atoms with Crippen LogP contribution in [0.2, 0.25) is 0 Å². The lowest BCUT2D eigenvalue weighted by molar-refractivity contribution is 1.37. The third-order valence-electron chi connectivity index (χ3n) is 12.1. The molecule has 0 amide bonds. The molecule has 0 heterocycles. The fourth-order valence-corrected chi connectivity index (χ4v) is 8.83. The molecule has 0 aliphatic heterocycles. The third kappa shape index (κ3) is 6.11. The minimum atomic E-state index is 1.10. The van der Waals surface area contributed by atoms with Crippen molar-refractivity contribution in [3.63, 3.8) is 0 Å². The standard InChI is InChI=1S/C46H30.C12H12/c1-3-29-9-11-33(25-30(29)4-2)35-13-17-39-37(27-35)15-19-43-41(39)21-23-46-44-20-16-38-28-36(14-18-40(38)42(44)22-24-45(43)46)34-12-10-31-7-5-6-8-32(31)26-34;1-9-7-11-5-3-4-6-12(11)8-10(9)2/h3-28H,1-2H2;3-8H,1-2H3. The lowest BCUT2D eigenvalue weighted by atomic mass is 9.91. The molecule has 58 heavy (non-hydrogen) atoms. The lowest BCUT2D eigenvalue weighted by Crippen LogP contribution is -1.86. The highest BCUT2D eigenvalue weighted by Gasteiger charge is 2.12. The zero-order valence-electron chi connectivity index (χ0n) is 32.9. The summed E-state index contributed by atoms with van der Waals surface area (Å²) in [6.07, 6.45) is 3.78. The first-order valence-corrected chi connectivity index (χ1v) is 20.0. The Morgan fingerprint density at radius 3 is 1.09 bits per heavy atom. The topological polar surface area (TPSA) is 0 Å². The van der Waals surface area contributed by atoms with Crippen LogP contribution in [-0.2, 0) is 0 Å². The summed E-state index contributed by atoms with van der Waals surface area (Å²) >= 11 is 0. The normalized spacial score (nSPS) is 11.4. The zero-order valence-corrected chi connectivity index (χ0v) is 32.9. The van der Waals surface area contributed by atoms with E-state index in [9.17, 15) is 0 Å². The van der Waals surface area contributed by atoms with Crippen LogP contribution in [0.15, 0.2) is 195 Å². The summed E-state index contributed by atoms with van der Waals surface area (Å²) in [6, 6.07) is 66.8. The van der Waals surface area contributed by atoms with Crippen molar-refractivity contribution in [3.8, 4) is 22.3 Å². The van der Waals surface area contributed by atoms with E-state index in [2.05, 4.69) is 209 Å². The van der Waals surface area contributed by atoms with Crippen LogP contribution in [0.4, 0.5) is 0 Å². The second-order valence-electron chi connectivity index (χ2n) is 15.5. The molecule has 0 fully saturated rings. The molecule has 0 atom stereocenters. The SMILES string of the molecule is C=Cc1ccc(-c2ccc3c(ccc4c3ccc3c5ccc6cc(-c7ccc8ccccc8c7)ccc6c5ccc43)c2)cc1C=C.Cc1cc2ccccc2cc1C. The van der Waals surface area contributed by atoms with Gasteiger partial charge in [-0.1, -0.05) is 183 Å². The second-order valence-corrected chi connectivity index (χ2v) is 15.5. The first kappa shape index (κ1) is 35.2. The fourth-order valence-electron chi connectivity index (χ4n) is 8.83. The van der Waals surface area contributed by atoms with Gasteiger partial charge < -0.3 is 0 Å². The van der Waals surface area contributed by atoms with Gasteiger partial charge >= 0.3 is 0 Å². The van der Waals surface area contributed by atoms with Gasteiger partial charge in [0.1, 0.15) is 0 Å². The molecule has 0 aromatic heterocycles. The summed E-state index contributed by atoms with van der Waals surface area (Å²) in [6.45, 7) is 12.2. The van der Waals surface area contributed by atoms with Crippen molar-refractivity contribution in [1.29, 1.82) is 0 Å². The molecule has 11 rings (SSSR count). The van der Waals surface area contributed by atoms with Crippen LogP contribution in [-0.4, -0.2) is 0 Å². The predicted octanol–water partition coefficient (Wildman–Crippen LogP) is 16.7. The number of benzene rings is 11. The summed E-state index contributed by atoms with van der Waals surface area (Å²) in [4.78, 5) is 0. The maximum Gasteiger partial charge on any atom is -0.00987 e. The molecule has 0 saturated heterocycles. The molecule has 11 aromatic carbocycles. The van der Waals surface area contributed by atoms with Gasteiger partial charge in [-0.15, -0.1) is 0 Å². The van der Waals surface area contributed by atoms with Crippen molar-refractivity contribution in [1.82, 2.24) is 0 Å². The highest BCUT2D eigenvalue weighted by Crippen LogP contribution is 2.39. The molecule has 0 bridgehead atoms. The van der Waals surface area contributed by atoms with E-state index in [4.69, 9.17) is 0 Å². The maximum absolute atomic E-state index is 3.99. The summed E-state index contributed by atoms with van der Waals surface area (Å²) in [5.41, 5.74) is 9.82. The van der Waals surface area contributed by atoms with E-state index < -0.39 is 0 Å². The van der Waals surface area contributed by atoms with E-state index >= 15 is 0 Å². The van der Waals surface area contributed by atoms with Crippen molar-refractivity contribution < 1.29 is 0 Å². The zero-order chi connectivity index (χ0) is 39.3. The van der Waals surface area contributed by atoms with Crippen LogP contribution >= 0.6 is 0 Å². The van der Waals surface area contributed by atoms with Crippen molar-refractivity contribution in [3.05, 3.63) is 217 Å². The minimum absolute atomic E-state index is 1.10. The number of hydrogen-bond donors (Lipinski definition) is 0. The predicted molar refractivity (Wildman–Crippen MR) is 256 cm³/mol. The van der Waals surface area contributed by atoms with E-state index in [-0.39, 0.29) is 0 Å². The van der Waals surface area contributed by atoms with E-state index in [1.54, 1.807) is 0 Å². The van der Waals surface area contributed by atoms with Gasteiger partial charge in [0.2, 0.25) is 0 Å². The summed E-state index contributed by atoms with van der Waals surface area (Å²) < 4.78 is 0. The Balaban J connectivity index is 0.000000291. The molecule has 0 spiro atoms. The van der Waals surface area contributed by atoms with Crippen molar-refractivity contribution in [2.45, 2.75) is 13.8 Å². The van der Waals surface area contributed by atoms with Crippen LogP contribution in [0, 0.1) is 13.8 Å². The molecule has 0 aliphatic carbocycles. The van der Waals surface area contributed by atoms with Gasteiger partial charge in [0.25, 0.3) is 0 Å². The van der Waals surface area contributed by atoms with Crippen molar-refractivity contribution in [2.75, 3.05) is 0 Å². The molecule has 0 radical (unpaired) electrons. The van der Waals surface area contributed by atoms with Crippen LogP contribution in [0.5, 0.6) is 0 Å². The first-order valence-electron chi connectivity index (χ1n) is 20.0. The van der Waals surface area contributed by atoms with Crippen molar-refractivity contribution >= 4 is 87.6 Å². The Morgan fingerprint density at radius 1 is 0.276 bits per heavy atom. The highest BCUT2D eigenvalue weighted by atomic mass is 14.2. The molecule has 0 heteroatoms. The molecule has 0 aliphatic rings. The van der Waals surface area contributed by atoms with Gasteiger partial charge in [-0.2, -0.15) is 0 Å². The van der Waals surface area contributed by atoms with Crippen LogP contribution < -0.4 is 0 Å². The Bertz CT molecular complexity index is 3410. The number of hydrogen-bond acceptors (Lipinski definition) is 0. The quantitative estimate of drug-likeness (QED) is 0.158. The average Bonchev–Trinajstić information content (AvgIpc) is 3.28. The monoisotopic (exact) mass is 738 g/mol. The second kappa shape index (κ2) is 14.3. The Hall–Kier alpha value is -7.28. The van der Waals surface area contributed by atoms with Gasteiger partial charge in [0.05, 0.1) is 0 Å². The summed E-state index contributed by atoms with van der Waals surface area (Å²) in [5.74, 6) is 0. The van der Waals surface area contributed by atoms with Gasteiger partial charge in [-0.05, 0) is 158 Å². The van der Waals surface area contributed by atoms with E-state index in [1.807, 2.05) is 12.2 Å². The molecule has 0 unspecified atom stereocenters. The Morgan fingerprint density at radius 2 is 0.603 bits per heavy atom. The minimum Gasteiger partial charge on any atom is -0.0984 e. The number of fused-ring (bicyclic) bond motifs is 11. The Kier molecular flexibility index (Phi) is 8.69. The van der Waals surface area contributed by atoms with E-state index in [0.717, 1.165) is 11.1 Å². The number of rotatable bonds is 4. The lowest BCUT2D eigenvalue weighted by Gasteiger charge is -2.13. The molecular formula is C58H42. The molecule has 0 N–H and O–H groups in total. The maximum atomic E-state index is 3.99. The Labute approximate surface area is 339 Å². The third-order valence-corrected chi connectivity index (χ3v) is 12.1. The van der Waals surface area contributed by atoms with Gasteiger partial charge in [0.15, 0.2) is 0 Å². The van der Waals surface area contributed by atoms with Crippen molar-refractivity contribution in [2.24, 2.45) is 0 Å². The molecule has 11 aromatic rings. The van der Waals surface area contributed by atoms with Crippen LogP contribution in [0.1, 0.15) is 22.3 Å². The molecule has 274 valence electrons. The summed E-state index contributed by atoms with van der Waals surface area (Å²) in [7, 11) is 0.